The SMILES string of the molecule is COC(=O)c1ccc(COc2cccc[n+]2C)cc1. The highest BCUT2D eigenvalue weighted by molar-refractivity contribution is 5.89. The molecule has 2 aromatic rings. The zero-order valence-electron chi connectivity index (χ0n) is 11.0. The van der Waals surface area contributed by atoms with Crippen LogP contribution in [0.2, 0.25) is 0 Å². The molecule has 0 bridgehead atoms. The maximum absolute atomic E-state index is 11.3. The van der Waals surface area contributed by atoms with Gasteiger partial charge in [0, 0.05) is 6.07 Å². The van der Waals surface area contributed by atoms with Crippen LogP contribution in [0.5, 0.6) is 5.88 Å². The molecule has 0 fully saturated rings. The minimum Gasteiger partial charge on any atom is -0.465 e. The summed E-state index contributed by atoms with van der Waals surface area (Å²) in [7, 11) is 3.30. The van der Waals surface area contributed by atoms with Crippen LogP contribution in [0.25, 0.3) is 0 Å². The number of pyridine rings is 1. The predicted molar refractivity (Wildman–Crippen MR) is 69.7 cm³/mol. The molecule has 1 aromatic carbocycles. The molecule has 0 saturated carbocycles. The van der Waals surface area contributed by atoms with Crippen molar-refractivity contribution in [2.75, 3.05) is 7.11 Å². The first-order chi connectivity index (χ1) is 9.20. The third-order valence-corrected chi connectivity index (χ3v) is 2.77. The van der Waals surface area contributed by atoms with Crippen LogP contribution in [0.15, 0.2) is 48.7 Å². The van der Waals surface area contributed by atoms with E-state index in [0.717, 1.165) is 11.4 Å². The minimum atomic E-state index is -0.332. The lowest BCUT2D eigenvalue weighted by molar-refractivity contribution is -0.677. The first kappa shape index (κ1) is 13.1. The molecule has 0 radical (unpaired) electrons. The van der Waals surface area contributed by atoms with Crippen molar-refractivity contribution in [3.8, 4) is 5.88 Å². The molecule has 98 valence electrons. The number of methoxy groups -OCH3 is 1. The number of carbonyl (C=O) groups excluding carboxylic acids is 1. The highest BCUT2D eigenvalue weighted by Crippen LogP contribution is 2.09. The molecule has 0 aliphatic carbocycles. The van der Waals surface area contributed by atoms with Gasteiger partial charge in [-0.3, -0.25) is 0 Å². The molecular formula is C15H16NO3+. The van der Waals surface area contributed by atoms with Crippen LogP contribution in [0.4, 0.5) is 0 Å². The van der Waals surface area contributed by atoms with E-state index in [9.17, 15) is 4.79 Å². The van der Waals surface area contributed by atoms with Gasteiger partial charge in [-0.2, -0.15) is 4.57 Å². The van der Waals surface area contributed by atoms with Gasteiger partial charge >= 0.3 is 11.8 Å². The Morgan fingerprint density at radius 1 is 1.16 bits per heavy atom. The summed E-state index contributed by atoms with van der Waals surface area (Å²) in [6, 6.07) is 13.0. The zero-order valence-corrected chi connectivity index (χ0v) is 11.0. The average Bonchev–Trinajstić information content (AvgIpc) is 2.46. The first-order valence-corrected chi connectivity index (χ1v) is 5.95. The Balaban J connectivity index is 2.01. The van der Waals surface area contributed by atoms with Gasteiger partial charge in [0.2, 0.25) is 0 Å². The van der Waals surface area contributed by atoms with Crippen molar-refractivity contribution in [3.05, 3.63) is 59.8 Å². The summed E-state index contributed by atoms with van der Waals surface area (Å²) in [5.41, 5.74) is 1.54. The Labute approximate surface area is 112 Å². The van der Waals surface area contributed by atoms with Crippen LogP contribution in [-0.2, 0) is 18.4 Å². The van der Waals surface area contributed by atoms with Crippen molar-refractivity contribution in [2.45, 2.75) is 6.61 Å². The second-order valence-electron chi connectivity index (χ2n) is 4.13. The van der Waals surface area contributed by atoms with Crippen molar-refractivity contribution >= 4 is 5.97 Å². The fourth-order valence-corrected chi connectivity index (χ4v) is 1.67. The molecule has 1 heterocycles. The number of ether oxygens (including phenoxy) is 2. The van der Waals surface area contributed by atoms with Crippen molar-refractivity contribution in [1.29, 1.82) is 0 Å². The molecule has 4 heteroatoms. The third kappa shape index (κ3) is 3.31. The molecule has 19 heavy (non-hydrogen) atoms. The van der Waals surface area contributed by atoms with Gasteiger partial charge in [-0.05, 0) is 23.8 Å². The van der Waals surface area contributed by atoms with Crippen LogP contribution in [0.1, 0.15) is 15.9 Å². The van der Waals surface area contributed by atoms with E-state index in [0.29, 0.717) is 12.2 Å². The Hall–Kier alpha value is -2.36. The smallest absolute Gasteiger partial charge is 0.367 e. The van der Waals surface area contributed by atoms with Gasteiger partial charge in [0.1, 0.15) is 13.7 Å². The van der Waals surface area contributed by atoms with Crippen LogP contribution in [0, 0.1) is 0 Å². The molecule has 0 atom stereocenters. The Bertz CT molecular complexity index is 564. The van der Waals surface area contributed by atoms with Crippen molar-refractivity contribution in [3.63, 3.8) is 0 Å². The van der Waals surface area contributed by atoms with Crippen LogP contribution < -0.4 is 9.30 Å². The van der Waals surface area contributed by atoms with Crippen molar-refractivity contribution in [2.24, 2.45) is 7.05 Å². The van der Waals surface area contributed by atoms with Crippen LogP contribution in [0.3, 0.4) is 0 Å². The molecule has 2 rings (SSSR count). The first-order valence-electron chi connectivity index (χ1n) is 5.95. The largest absolute Gasteiger partial charge is 0.465 e. The standard InChI is InChI=1S/C15H16NO3/c1-16-10-4-3-5-14(16)19-11-12-6-8-13(9-7-12)15(17)18-2/h3-10H,11H2,1-2H3/q+1. The number of hydrogen-bond donors (Lipinski definition) is 0. The van der Waals surface area contributed by atoms with E-state index in [1.807, 2.05) is 48.1 Å². The third-order valence-electron chi connectivity index (χ3n) is 2.77. The minimum absolute atomic E-state index is 0.332. The summed E-state index contributed by atoms with van der Waals surface area (Å²) in [6.45, 7) is 0.458. The number of aromatic nitrogens is 1. The number of rotatable bonds is 4. The number of benzene rings is 1. The fourth-order valence-electron chi connectivity index (χ4n) is 1.67. The predicted octanol–water partition coefficient (Wildman–Crippen LogP) is 1.88. The maximum atomic E-state index is 11.3. The highest BCUT2D eigenvalue weighted by Gasteiger charge is 2.07. The molecule has 0 unspecified atom stereocenters. The summed E-state index contributed by atoms with van der Waals surface area (Å²) >= 11 is 0. The Morgan fingerprint density at radius 3 is 2.53 bits per heavy atom. The fraction of sp³-hybridized carbons (Fsp3) is 0.200. The Kier molecular flexibility index (Phi) is 4.13. The average molecular weight is 258 g/mol. The van der Waals surface area contributed by atoms with Gasteiger partial charge in [0.15, 0.2) is 6.20 Å². The van der Waals surface area contributed by atoms with E-state index in [-0.39, 0.29) is 5.97 Å². The van der Waals surface area contributed by atoms with Crippen LogP contribution >= 0.6 is 0 Å². The van der Waals surface area contributed by atoms with Gasteiger partial charge in [-0.1, -0.05) is 12.1 Å². The number of aryl methyl sites for hydroxylation is 1. The number of carbonyl (C=O) groups is 1. The quantitative estimate of drug-likeness (QED) is 0.621. The second kappa shape index (κ2) is 6.00. The summed E-state index contributed by atoms with van der Waals surface area (Å²) in [5.74, 6) is 0.460. The van der Waals surface area contributed by atoms with E-state index in [2.05, 4.69) is 4.74 Å². The topological polar surface area (TPSA) is 39.4 Å². The molecule has 4 nitrogen and oxygen atoms in total. The zero-order chi connectivity index (χ0) is 13.7. The summed E-state index contributed by atoms with van der Waals surface area (Å²) in [6.07, 6.45) is 1.93. The monoisotopic (exact) mass is 258 g/mol. The lowest BCUT2D eigenvalue weighted by atomic mass is 10.1. The molecule has 0 N–H and O–H groups in total. The number of hydrogen-bond acceptors (Lipinski definition) is 3. The number of nitrogens with zero attached hydrogens (tertiary/aromatic N) is 1. The second-order valence-corrected chi connectivity index (χ2v) is 4.13. The van der Waals surface area contributed by atoms with Gasteiger partial charge in [-0.15, -0.1) is 0 Å². The van der Waals surface area contributed by atoms with Gasteiger partial charge in [0.25, 0.3) is 0 Å². The summed E-state index contributed by atoms with van der Waals surface area (Å²) < 4.78 is 12.2. The van der Waals surface area contributed by atoms with Gasteiger partial charge < -0.3 is 9.47 Å². The summed E-state index contributed by atoms with van der Waals surface area (Å²) in [5, 5.41) is 0. The highest BCUT2D eigenvalue weighted by atomic mass is 16.5. The van der Waals surface area contributed by atoms with E-state index in [1.165, 1.54) is 7.11 Å². The molecule has 0 aliphatic rings. The van der Waals surface area contributed by atoms with E-state index >= 15 is 0 Å². The summed E-state index contributed by atoms with van der Waals surface area (Å²) in [4.78, 5) is 11.3. The molecule has 0 amide bonds. The van der Waals surface area contributed by atoms with E-state index < -0.39 is 0 Å². The lowest BCUT2D eigenvalue weighted by Gasteiger charge is -2.05. The lowest BCUT2D eigenvalue weighted by Crippen LogP contribution is -2.29. The molecule has 0 spiro atoms. The van der Waals surface area contributed by atoms with Crippen LogP contribution in [-0.4, -0.2) is 13.1 Å². The van der Waals surface area contributed by atoms with E-state index in [4.69, 9.17) is 4.74 Å². The van der Waals surface area contributed by atoms with Crippen molar-refractivity contribution < 1.29 is 18.8 Å². The number of esters is 1. The maximum Gasteiger partial charge on any atom is 0.367 e. The normalized spacial score (nSPS) is 10.0. The molecule has 1 aromatic heterocycles. The van der Waals surface area contributed by atoms with Gasteiger partial charge in [0.05, 0.1) is 18.7 Å². The molecule has 0 saturated heterocycles. The molecular weight excluding hydrogens is 242 g/mol. The van der Waals surface area contributed by atoms with E-state index in [1.54, 1.807) is 12.1 Å². The van der Waals surface area contributed by atoms with Gasteiger partial charge in [-0.25, -0.2) is 4.79 Å². The Morgan fingerprint density at radius 2 is 1.89 bits per heavy atom. The molecule has 0 aliphatic heterocycles. The van der Waals surface area contributed by atoms with Crippen molar-refractivity contribution in [1.82, 2.24) is 0 Å².